The van der Waals surface area contributed by atoms with Crippen LogP contribution in [0.3, 0.4) is 0 Å². The maximum absolute atomic E-state index is 11.9. The molecule has 0 unspecified atom stereocenters. The Morgan fingerprint density at radius 2 is 1.90 bits per heavy atom. The molecule has 1 aromatic heterocycles. The second-order valence-electron chi connectivity index (χ2n) is 4.72. The molecule has 0 fully saturated rings. The van der Waals surface area contributed by atoms with Gasteiger partial charge >= 0.3 is 5.97 Å². The summed E-state index contributed by atoms with van der Waals surface area (Å²) >= 11 is 1.69. The van der Waals surface area contributed by atoms with Crippen molar-refractivity contribution >= 4 is 28.9 Å². The highest BCUT2D eigenvalue weighted by Crippen LogP contribution is 2.20. The number of carbonyl (C=O) groups is 3. The fourth-order valence-corrected chi connectivity index (χ4v) is 2.88. The van der Waals surface area contributed by atoms with Gasteiger partial charge in [0.2, 0.25) is 5.78 Å². The van der Waals surface area contributed by atoms with Gasteiger partial charge in [-0.05, 0) is 30.7 Å². The molecule has 1 heterocycles. The highest BCUT2D eigenvalue weighted by Gasteiger charge is 2.17. The minimum atomic E-state index is -1.58. The summed E-state index contributed by atoms with van der Waals surface area (Å²) in [7, 11) is 0. The van der Waals surface area contributed by atoms with E-state index in [4.69, 9.17) is 5.11 Å². The minimum absolute atomic E-state index is 0.371. The first kappa shape index (κ1) is 15.1. The van der Waals surface area contributed by atoms with E-state index in [0.717, 1.165) is 5.56 Å². The fourth-order valence-electron chi connectivity index (χ4n) is 1.96. The van der Waals surface area contributed by atoms with Gasteiger partial charge in [0.25, 0.3) is 0 Å². The molecule has 0 spiro atoms. The van der Waals surface area contributed by atoms with Crippen molar-refractivity contribution in [1.29, 1.82) is 0 Å². The van der Waals surface area contributed by atoms with Crippen LogP contribution < -0.4 is 0 Å². The Labute approximate surface area is 126 Å². The number of hydrogen-bond acceptors (Lipinski definition) is 4. The molecule has 1 aromatic carbocycles. The van der Waals surface area contributed by atoms with Crippen molar-refractivity contribution in [2.24, 2.45) is 0 Å². The van der Waals surface area contributed by atoms with Gasteiger partial charge in [-0.1, -0.05) is 18.2 Å². The van der Waals surface area contributed by atoms with Crippen molar-refractivity contribution in [3.8, 4) is 0 Å². The molecule has 108 valence electrons. The molecular weight excluding hydrogens is 288 g/mol. The molecule has 0 bridgehead atoms. The van der Waals surface area contributed by atoms with Crippen LogP contribution in [-0.4, -0.2) is 22.6 Å². The Bertz CT molecular complexity index is 700. The summed E-state index contributed by atoms with van der Waals surface area (Å²) in [4.78, 5) is 35.9. The quantitative estimate of drug-likeness (QED) is 0.506. The average molecular weight is 302 g/mol. The molecule has 0 aliphatic heterocycles. The lowest BCUT2D eigenvalue weighted by molar-refractivity contribution is -0.148. The van der Waals surface area contributed by atoms with Crippen molar-refractivity contribution in [3.05, 3.63) is 57.3 Å². The molecule has 0 saturated carbocycles. The van der Waals surface area contributed by atoms with Crippen LogP contribution in [0.15, 0.2) is 36.4 Å². The second kappa shape index (κ2) is 6.45. The van der Waals surface area contributed by atoms with Gasteiger partial charge in [0.05, 0.1) is 6.42 Å². The smallest absolute Gasteiger partial charge is 0.372 e. The standard InChI is InChI=1S/C16H14O4S/c1-10-5-6-13(21-10)8-11-3-2-4-12(7-11)14(17)9-15(18)16(19)20/h2-7H,8-9H2,1H3,(H,19,20). The SMILES string of the molecule is Cc1ccc(Cc2cccc(C(=O)CC(=O)C(=O)O)c2)s1. The molecule has 21 heavy (non-hydrogen) atoms. The third-order valence-electron chi connectivity index (χ3n) is 2.98. The van der Waals surface area contributed by atoms with Crippen LogP contribution in [0.5, 0.6) is 0 Å². The number of ketones is 2. The zero-order valence-corrected chi connectivity index (χ0v) is 12.3. The minimum Gasteiger partial charge on any atom is -0.475 e. The molecule has 0 aliphatic carbocycles. The lowest BCUT2D eigenvalue weighted by Crippen LogP contribution is -2.17. The topological polar surface area (TPSA) is 71.4 Å². The first-order chi connectivity index (χ1) is 9.95. The molecule has 0 aliphatic rings. The number of carbonyl (C=O) groups excluding carboxylic acids is 2. The van der Waals surface area contributed by atoms with E-state index in [0.29, 0.717) is 12.0 Å². The summed E-state index contributed by atoms with van der Waals surface area (Å²) in [6.45, 7) is 2.03. The monoisotopic (exact) mass is 302 g/mol. The number of thiophene rings is 1. The second-order valence-corrected chi connectivity index (χ2v) is 6.09. The van der Waals surface area contributed by atoms with Crippen LogP contribution in [0.4, 0.5) is 0 Å². The highest BCUT2D eigenvalue weighted by molar-refractivity contribution is 7.11. The molecule has 4 nitrogen and oxygen atoms in total. The zero-order valence-electron chi connectivity index (χ0n) is 11.5. The average Bonchev–Trinajstić information content (AvgIpc) is 2.84. The third kappa shape index (κ3) is 4.10. The number of Topliss-reactive ketones (excluding diaryl/α,β-unsaturated/α-hetero) is 2. The van der Waals surface area contributed by atoms with Crippen LogP contribution >= 0.6 is 11.3 Å². The van der Waals surface area contributed by atoms with Gasteiger partial charge in [-0.15, -0.1) is 11.3 Å². The number of rotatable bonds is 6. The van der Waals surface area contributed by atoms with E-state index in [2.05, 4.69) is 0 Å². The highest BCUT2D eigenvalue weighted by atomic mass is 32.1. The molecule has 5 heteroatoms. The summed E-state index contributed by atoms with van der Waals surface area (Å²) < 4.78 is 0. The van der Waals surface area contributed by atoms with Crippen molar-refractivity contribution < 1.29 is 19.5 Å². The van der Waals surface area contributed by atoms with E-state index >= 15 is 0 Å². The van der Waals surface area contributed by atoms with Crippen molar-refractivity contribution in [1.82, 2.24) is 0 Å². The van der Waals surface area contributed by atoms with E-state index in [9.17, 15) is 14.4 Å². The molecular formula is C16H14O4S. The molecule has 0 atom stereocenters. The summed E-state index contributed by atoms with van der Waals surface area (Å²) in [6.07, 6.45) is 0.114. The van der Waals surface area contributed by atoms with E-state index in [1.54, 1.807) is 29.5 Å². The Morgan fingerprint density at radius 3 is 2.52 bits per heavy atom. The number of aliphatic carboxylic acids is 1. The Hall–Kier alpha value is -2.27. The van der Waals surface area contributed by atoms with Crippen LogP contribution in [-0.2, 0) is 16.0 Å². The predicted octanol–water partition coefficient (Wildman–Crippen LogP) is 2.87. The Balaban J connectivity index is 2.12. The molecule has 2 rings (SSSR count). The largest absolute Gasteiger partial charge is 0.475 e. The van der Waals surface area contributed by atoms with Crippen molar-refractivity contribution in [3.63, 3.8) is 0 Å². The molecule has 0 radical (unpaired) electrons. The van der Waals surface area contributed by atoms with Gasteiger partial charge in [-0.2, -0.15) is 0 Å². The van der Waals surface area contributed by atoms with Gasteiger partial charge < -0.3 is 5.11 Å². The van der Waals surface area contributed by atoms with Crippen molar-refractivity contribution in [2.75, 3.05) is 0 Å². The number of carboxylic acid groups (broad SMARTS) is 1. The molecule has 0 amide bonds. The summed E-state index contributed by atoms with van der Waals surface area (Å²) in [5.74, 6) is -3.13. The lowest BCUT2D eigenvalue weighted by Gasteiger charge is -2.03. The molecule has 2 aromatic rings. The number of aryl methyl sites for hydroxylation is 1. The Kier molecular flexibility index (Phi) is 4.65. The maximum Gasteiger partial charge on any atom is 0.372 e. The third-order valence-corrected chi connectivity index (χ3v) is 3.98. The summed E-state index contributed by atoms with van der Waals surface area (Å²) in [6, 6.07) is 11.1. The molecule has 0 saturated heterocycles. The fraction of sp³-hybridized carbons (Fsp3) is 0.188. The van der Waals surface area contributed by atoms with Crippen LogP contribution in [0.2, 0.25) is 0 Å². The first-order valence-electron chi connectivity index (χ1n) is 6.39. The zero-order chi connectivity index (χ0) is 15.4. The molecule has 1 N–H and O–H groups in total. The number of benzene rings is 1. The van der Waals surface area contributed by atoms with Gasteiger partial charge in [-0.3, -0.25) is 9.59 Å². The number of carboxylic acids is 1. The van der Waals surface area contributed by atoms with Crippen LogP contribution in [0, 0.1) is 6.92 Å². The summed E-state index contributed by atoms with van der Waals surface area (Å²) in [5, 5.41) is 8.53. The van der Waals surface area contributed by atoms with Crippen LogP contribution in [0.25, 0.3) is 0 Å². The van der Waals surface area contributed by atoms with Gasteiger partial charge in [0.15, 0.2) is 5.78 Å². The predicted molar refractivity (Wildman–Crippen MR) is 79.9 cm³/mol. The van der Waals surface area contributed by atoms with Crippen LogP contribution in [0.1, 0.15) is 32.1 Å². The lowest BCUT2D eigenvalue weighted by atomic mass is 10.0. The normalized spacial score (nSPS) is 10.3. The maximum atomic E-state index is 11.9. The van der Waals surface area contributed by atoms with Crippen molar-refractivity contribution in [2.45, 2.75) is 19.8 Å². The van der Waals surface area contributed by atoms with Gasteiger partial charge in [0.1, 0.15) is 0 Å². The van der Waals surface area contributed by atoms with E-state index in [-0.39, 0.29) is 0 Å². The number of hydrogen-bond donors (Lipinski definition) is 1. The summed E-state index contributed by atoms with van der Waals surface area (Å²) in [5.41, 5.74) is 1.33. The Morgan fingerprint density at radius 1 is 1.14 bits per heavy atom. The first-order valence-corrected chi connectivity index (χ1v) is 7.21. The van der Waals surface area contributed by atoms with Gasteiger partial charge in [0, 0.05) is 21.7 Å². The van der Waals surface area contributed by atoms with E-state index in [1.165, 1.54) is 9.75 Å². The van der Waals surface area contributed by atoms with Gasteiger partial charge in [-0.25, -0.2) is 4.79 Å². The van der Waals surface area contributed by atoms with E-state index < -0.39 is 24.0 Å². The van der Waals surface area contributed by atoms with E-state index in [1.807, 2.05) is 25.1 Å².